The molecule has 0 radical (unpaired) electrons. The van der Waals surface area contributed by atoms with Crippen LogP contribution in [0.2, 0.25) is 0 Å². The molecule has 6 rings (SSSR count). The summed E-state index contributed by atoms with van der Waals surface area (Å²) in [6.45, 7) is 1.60. The molecular weight excluding hydrogens is 318 g/mol. The van der Waals surface area contributed by atoms with E-state index in [-0.39, 0.29) is 0 Å². The topological polar surface area (TPSA) is 12.5 Å². The Kier molecular flexibility index (Phi) is 3.36. The van der Waals surface area contributed by atoms with Gasteiger partial charge in [0.05, 0.1) is 0 Å². The lowest BCUT2D eigenvalue weighted by molar-refractivity contribution is 0.259. The van der Waals surface area contributed by atoms with Gasteiger partial charge in [0.25, 0.3) is 0 Å². The highest BCUT2D eigenvalue weighted by Crippen LogP contribution is 2.61. The summed E-state index contributed by atoms with van der Waals surface area (Å²) in [5.74, 6) is 6.05. The van der Waals surface area contributed by atoms with E-state index in [9.17, 15) is 0 Å². The second-order valence-corrected chi connectivity index (χ2v) is 9.00. The van der Waals surface area contributed by atoms with E-state index in [1.54, 1.807) is 12.0 Å². The van der Waals surface area contributed by atoms with Gasteiger partial charge in [0.2, 0.25) is 0 Å². The number of nitrogens with zero attached hydrogens (tertiary/aromatic N) is 1. The van der Waals surface area contributed by atoms with Crippen molar-refractivity contribution < 1.29 is 4.74 Å². The lowest BCUT2D eigenvalue weighted by atomic mass is 9.82. The fraction of sp³-hybridized carbons (Fsp3) is 0.500. The average Bonchev–Trinajstić information content (AvgIpc) is 3.41. The van der Waals surface area contributed by atoms with E-state index in [4.69, 9.17) is 4.74 Å². The molecule has 3 aliphatic carbocycles. The van der Waals surface area contributed by atoms with Gasteiger partial charge in [0.15, 0.2) is 6.73 Å². The predicted octanol–water partition coefficient (Wildman–Crippen LogP) is 5.58. The van der Waals surface area contributed by atoms with Crippen LogP contribution < -0.4 is 9.64 Å². The summed E-state index contributed by atoms with van der Waals surface area (Å²) in [7, 11) is 0. The summed E-state index contributed by atoms with van der Waals surface area (Å²) in [6, 6.07) is 17.7. The molecule has 0 spiro atoms. The third-order valence-corrected chi connectivity index (χ3v) is 7.80. The van der Waals surface area contributed by atoms with Crippen molar-refractivity contribution in [1.29, 1.82) is 0 Å². The molecule has 26 heavy (non-hydrogen) atoms. The largest absolute Gasteiger partial charge is 0.473 e. The first-order valence-electron chi connectivity index (χ1n) is 10.4. The molecule has 0 N–H and O–H groups in total. The fourth-order valence-corrected chi connectivity index (χ4v) is 6.61. The molecule has 2 aromatic carbocycles. The van der Waals surface area contributed by atoms with Gasteiger partial charge in [-0.2, -0.15) is 0 Å². The molecule has 2 nitrogen and oxygen atoms in total. The van der Waals surface area contributed by atoms with Crippen LogP contribution in [0.15, 0.2) is 48.5 Å². The molecule has 3 saturated carbocycles. The molecule has 1 heterocycles. The van der Waals surface area contributed by atoms with Gasteiger partial charge in [0.1, 0.15) is 5.75 Å². The highest BCUT2D eigenvalue weighted by atomic mass is 16.5. The molecular formula is C24H27NO. The van der Waals surface area contributed by atoms with Crippen LogP contribution in [-0.4, -0.2) is 6.73 Å². The van der Waals surface area contributed by atoms with Crippen molar-refractivity contribution in [3.63, 3.8) is 0 Å². The third kappa shape index (κ3) is 2.31. The summed E-state index contributed by atoms with van der Waals surface area (Å²) in [5, 5.41) is 0. The first kappa shape index (κ1) is 15.1. The molecule has 1 aliphatic heterocycles. The number of fused-ring (bicyclic) bond motifs is 6. The van der Waals surface area contributed by atoms with E-state index in [1.165, 1.54) is 36.9 Å². The van der Waals surface area contributed by atoms with Gasteiger partial charge in [-0.3, -0.25) is 0 Å². The normalized spacial score (nSPS) is 34.5. The minimum atomic E-state index is 0.646. The SMILES string of the molecule is c1ccc(N2COc3ccc(C4CC5C6CCC(C6)C5C4)cc3C2)cc1. The molecule has 3 fully saturated rings. The molecule has 2 heteroatoms. The van der Waals surface area contributed by atoms with Gasteiger partial charge in [-0.15, -0.1) is 0 Å². The Labute approximate surface area is 156 Å². The van der Waals surface area contributed by atoms with Crippen molar-refractivity contribution in [3.05, 3.63) is 59.7 Å². The zero-order valence-electron chi connectivity index (χ0n) is 15.3. The van der Waals surface area contributed by atoms with E-state index in [0.29, 0.717) is 6.73 Å². The van der Waals surface area contributed by atoms with Crippen molar-refractivity contribution >= 4 is 5.69 Å². The van der Waals surface area contributed by atoms with Crippen molar-refractivity contribution in [2.45, 2.75) is 44.6 Å². The van der Waals surface area contributed by atoms with E-state index in [2.05, 4.69) is 53.4 Å². The predicted molar refractivity (Wildman–Crippen MR) is 104 cm³/mol. The minimum Gasteiger partial charge on any atom is -0.473 e. The van der Waals surface area contributed by atoms with Crippen LogP contribution in [0, 0.1) is 23.7 Å². The molecule has 4 atom stereocenters. The first-order chi connectivity index (χ1) is 12.8. The smallest absolute Gasteiger partial charge is 0.161 e. The third-order valence-electron chi connectivity index (χ3n) is 7.80. The maximum Gasteiger partial charge on any atom is 0.161 e. The highest BCUT2D eigenvalue weighted by molar-refractivity contribution is 5.50. The lowest BCUT2D eigenvalue weighted by Crippen LogP contribution is -2.31. The standard InChI is InChI=1S/C24H27NO/c1-2-4-21(5-3-1)25-14-20-10-16(8-9-24(20)26-15-25)19-12-22-17-6-7-18(11-17)23(22)13-19/h1-5,8-10,17-19,22-23H,6-7,11-15H2. The quantitative estimate of drug-likeness (QED) is 0.704. The molecule has 0 amide bonds. The molecule has 4 aliphatic rings. The summed E-state index contributed by atoms with van der Waals surface area (Å²) in [4.78, 5) is 2.33. The number of anilines is 1. The van der Waals surface area contributed by atoms with Crippen LogP contribution >= 0.6 is 0 Å². The van der Waals surface area contributed by atoms with Crippen molar-refractivity contribution in [1.82, 2.24) is 0 Å². The van der Waals surface area contributed by atoms with Crippen LogP contribution in [0.3, 0.4) is 0 Å². The number of para-hydroxylation sites is 1. The maximum absolute atomic E-state index is 6.05. The Morgan fingerprint density at radius 1 is 0.846 bits per heavy atom. The fourth-order valence-electron chi connectivity index (χ4n) is 6.61. The molecule has 2 bridgehead atoms. The van der Waals surface area contributed by atoms with Gasteiger partial charge in [-0.05, 0) is 85.5 Å². The number of rotatable bonds is 2. The van der Waals surface area contributed by atoms with Crippen molar-refractivity contribution in [2.24, 2.45) is 23.7 Å². The minimum absolute atomic E-state index is 0.646. The Balaban J connectivity index is 1.24. The van der Waals surface area contributed by atoms with Crippen LogP contribution in [-0.2, 0) is 6.54 Å². The van der Waals surface area contributed by atoms with Gasteiger partial charge in [-0.1, -0.05) is 30.3 Å². The van der Waals surface area contributed by atoms with Crippen LogP contribution in [0.4, 0.5) is 5.69 Å². The Morgan fingerprint density at radius 2 is 1.62 bits per heavy atom. The summed E-state index contributed by atoms with van der Waals surface area (Å²) in [6.07, 6.45) is 7.46. The van der Waals surface area contributed by atoms with E-state index < -0.39 is 0 Å². The second kappa shape index (κ2) is 5.77. The number of benzene rings is 2. The van der Waals surface area contributed by atoms with E-state index in [0.717, 1.165) is 41.9 Å². The number of hydrogen-bond acceptors (Lipinski definition) is 2. The zero-order valence-corrected chi connectivity index (χ0v) is 15.3. The lowest BCUT2D eigenvalue weighted by Gasteiger charge is -2.31. The monoisotopic (exact) mass is 345 g/mol. The Bertz CT molecular complexity index is 798. The number of ether oxygens (including phenoxy) is 1. The number of hydrogen-bond donors (Lipinski definition) is 0. The van der Waals surface area contributed by atoms with Gasteiger partial charge in [-0.25, -0.2) is 0 Å². The van der Waals surface area contributed by atoms with Crippen LogP contribution in [0.5, 0.6) is 5.75 Å². The van der Waals surface area contributed by atoms with E-state index >= 15 is 0 Å². The van der Waals surface area contributed by atoms with Crippen LogP contribution in [0.1, 0.15) is 49.1 Å². The second-order valence-electron chi connectivity index (χ2n) is 9.00. The van der Waals surface area contributed by atoms with Crippen LogP contribution in [0.25, 0.3) is 0 Å². The summed E-state index contributed by atoms with van der Waals surface area (Å²) >= 11 is 0. The average molecular weight is 345 g/mol. The van der Waals surface area contributed by atoms with Gasteiger partial charge >= 0.3 is 0 Å². The molecule has 4 unspecified atom stereocenters. The summed E-state index contributed by atoms with van der Waals surface area (Å²) < 4.78 is 6.05. The van der Waals surface area contributed by atoms with Gasteiger partial charge in [0, 0.05) is 17.8 Å². The molecule has 0 aromatic heterocycles. The Morgan fingerprint density at radius 3 is 2.38 bits per heavy atom. The summed E-state index contributed by atoms with van der Waals surface area (Å²) in [5.41, 5.74) is 4.17. The highest BCUT2D eigenvalue weighted by Gasteiger charge is 2.51. The molecule has 0 saturated heterocycles. The molecule has 2 aromatic rings. The molecule has 134 valence electrons. The van der Waals surface area contributed by atoms with Crippen molar-refractivity contribution in [3.8, 4) is 5.75 Å². The van der Waals surface area contributed by atoms with Crippen molar-refractivity contribution in [2.75, 3.05) is 11.6 Å². The first-order valence-corrected chi connectivity index (χ1v) is 10.4. The maximum atomic E-state index is 6.05. The van der Waals surface area contributed by atoms with Gasteiger partial charge < -0.3 is 9.64 Å². The Hall–Kier alpha value is -1.96. The van der Waals surface area contributed by atoms with E-state index in [1.807, 2.05) is 0 Å². The zero-order chi connectivity index (χ0) is 17.1.